The number of amides is 1. The van der Waals surface area contributed by atoms with Gasteiger partial charge < -0.3 is 14.6 Å². The highest BCUT2D eigenvalue weighted by Crippen LogP contribution is 2.24. The standard InChI is InChI=1S/C18H20N6O3S2/c1-3-24-16(12-5-7-19-8-6-12)22-23-18(24)29-11-14(25)21-17-20-13(10-28-17)9-15(26)27-4-2/h5-8,10H,3-4,9,11H2,1-2H3,(H,20,21,25). The van der Waals surface area contributed by atoms with Gasteiger partial charge in [-0.3, -0.25) is 14.6 Å². The molecule has 0 aromatic carbocycles. The van der Waals surface area contributed by atoms with Crippen LogP contribution in [0.2, 0.25) is 0 Å². The lowest BCUT2D eigenvalue weighted by Crippen LogP contribution is -2.15. The number of esters is 1. The molecule has 3 aromatic heterocycles. The number of nitrogens with one attached hydrogen (secondary N) is 1. The van der Waals surface area contributed by atoms with Gasteiger partial charge in [-0.2, -0.15) is 0 Å². The molecule has 0 spiro atoms. The van der Waals surface area contributed by atoms with Crippen molar-refractivity contribution in [2.45, 2.75) is 32.0 Å². The van der Waals surface area contributed by atoms with Gasteiger partial charge in [0, 0.05) is 29.9 Å². The Hall–Kier alpha value is -2.79. The molecule has 3 heterocycles. The Bertz CT molecular complexity index is 973. The van der Waals surface area contributed by atoms with E-state index in [9.17, 15) is 9.59 Å². The van der Waals surface area contributed by atoms with Gasteiger partial charge in [-0.25, -0.2) is 4.98 Å². The number of rotatable bonds is 9. The average Bonchev–Trinajstić information content (AvgIpc) is 3.33. The molecule has 0 fully saturated rings. The Labute approximate surface area is 175 Å². The normalized spacial score (nSPS) is 10.7. The van der Waals surface area contributed by atoms with Gasteiger partial charge >= 0.3 is 5.97 Å². The van der Waals surface area contributed by atoms with Crippen LogP contribution >= 0.6 is 23.1 Å². The molecular weight excluding hydrogens is 412 g/mol. The summed E-state index contributed by atoms with van der Waals surface area (Å²) in [6, 6.07) is 3.74. The van der Waals surface area contributed by atoms with Crippen LogP contribution in [-0.2, 0) is 27.3 Å². The van der Waals surface area contributed by atoms with Gasteiger partial charge in [-0.05, 0) is 26.0 Å². The molecule has 1 N–H and O–H groups in total. The molecular formula is C18H20N6O3S2. The SMILES string of the molecule is CCOC(=O)Cc1csc(NC(=O)CSc2nnc(-c3ccncc3)n2CC)n1. The van der Waals surface area contributed by atoms with Crippen molar-refractivity contribution in [2.24, 2.45) is 0 Å². The minimum atomic E-state index is -0.338. The van der Waals surface area contributed by atoms with Gasteiger partial charge in [0.15, 0.2) is 16.1 Å². The minimum Gasteiger partial charge on any atom is -0.466 e. The summed E-state index contributed by atoms with van der Waals surface area (Å²) in [6.45, 7) is 4.76. The third-order valence-electron chi connectivity index (χ3n) is 3.73. The van der Waals surface area contributed by atoms with E-state index in [1.807, 2.05) is 23.6 Å². The molecule has 0 saturated heterocycles. The number of thioether (sulfide) groups is 1. The third kappa shape index (κ3) is 5.61. The van der Waals surface area contributed by atoms with E-state index < -0.39 is 0 Å². The minimum absolute atomic E-state index is 0.0896. The second kappa shape index (κ2) is 10.1. The van der Waals surface area contributed by atoms with Crippen LogP contribution in [0.3, 0.4) is 0 Å². The molecule has 9 nitrogen and oxygen atoms in total. The Morgan fingerprint density at radius 3 is 2.76 bits per heavy atom. The quantitative estimate of drug-likeness (QED) is 0.406. The summed E-state index contributed by atoms with van der Waals surface area (Å²) in [5.74, 6) is 0.362. The number of ether oxygens (including phenoxy) is 1. The lowest BCUT2D eigenvalue weighted by atomic mass is 10.2. The van der Waals surface area contributed by atoms with Crippen molar-refractivity contribution in [3.05, 3.63) is 35.6 Å². The number of aromatic nitrogens is 5. The predicted octanol–water partition coefficient (Wildman–Crippen LogP) is 2.65. The van der Waals surface area contributed by atoms with Crippen molar-refractivity contribution in [3.63, 3.8) is 0 Å². The zero-order chi connectivity index (χ0) is 20.6. The number of thiazole rings is 1. The van der Waals surface area contributed by atoms with E-state index in [1.54, 1.807) is 24.7 Å². The summed E-state index contributed by atoms with van der Waals surface area (Å²) < 4.78 is 6.85. The van der Waals surface area contributed by atoms with Gasteiger partial charge in [0.05, 0.1) is 24.5 Å². The van der Waals surface area contributed by atoms with E-state index in [0.29, 0.717) is 29.1 Å². The fraction of sp³-hybridized carbons (Fsp3) is 0.333. The highest BCUT2D eigenvalue weighted by Gasteiger charge is 2.15. The zero-order valence-corrected chi connectivity index (χ0v) is 17.6. The average molecular weight is 433 g/mol. The van der Waals surface area contributed by atoms with E-state index in [4.69, 9.17) is 4.74 Å². The first kappa shape index (κ1) is 20.9. The van der Waals surface area contributed by atoms with Gasteiger partial charge in [-0.1, -0.05) is 11.8 Å². The van der Waals surface area contributed by atoms with Gasteiger partial charge in [0.25, 0.3) is 0 Å². The fourth-order valence-corrected chi connectivity index (χ4v) is 4.01. The Morgan fingerprint density at radius 1 is 1.24 bits per heavy atom. The maximum atomic E-state index is 12.3. The summed E-state index contributed by atoms with van der Waals surface area (Å²) in [4.78, 5) is 32.0. The van der Waals surface area contributed by atoms with Crippen molar-refractivity contribution in [2.75, 3.05) is 17.7 Å². The van der Waals surface area contributed by atoms with Crippen LogP contribution in [-0.4, -0.2) is 49.0 Å². The summed E-state index contributed by atoms with van der Waals surface area (Å²) in [5, 5.41) is 14.0. The molecule has 152 valence electrons. The summed E-state index contributed by atoms with van der Waals surface area (Å²) in [5.41, 5.74) is 1.49. The molecule has 0 aliphatic heterocycles. The molecule has 1 amide bonds. The van der Waals surface area contributed by atoms with Crippen LogP contribution < -0.4 is 5.32 Å². The smallest absolute Gasteiger partial charge is 0.311 e. The molecule has 3 rings (SSSR count). The Morgan fingerprint density at radius 2 is 2.03 bits per heavy atom. The summed E-state index contributed by atoms with van der Waals surface area (Å²) in [6.07, 6.45) is 3.50. The highest BCUT2D eigenvalue weighted by molar-refractivity contribution is 7.99. The van der Waals surface area contributed by atoms with Gasteiger partial charge in [0.1, 0.15) is 0 Å². The van der Waals surface area contributed by atoms with Crippen LogP contribution in [0.4, 0.5) is 5.13 Å². The Balaban J connectivity index is 1.57. The second-order valence-electron chi connectivity index (χ2n) is 5.75. The van der Waals surface area contributed by atoms with Crippen molar-refractivity contribution in [3.8, 4) is 11.4 Å². The van der Waals surface area contributed by atoms with Crippen LogP contribution in [0.5, 0.6) is 0 Å². The number of nitrogens with zero attached hydrogens (tertiary/aromatic N) is 5. The fourth-order valence-electron chi connectivity index (χ4n) is 2.49. The van der Waals surface area contributed by atoms with E-state index >= 15 is 0 Å². The van der Waals surface area contributed by atoms with E-state index in [0.717, 1.165) is 11.4 Å². The number of carbonyl (C=O) groups excluding carboxylic acids is 2. The largest absolute Gasteiger partial charge is 0.466 e. The molecule has 0 saturated carbocycles. The van der Waals surface area contributed by atoms with E-state index in [2.05, 4.69) is 25.5 Å². The maximum Gasteiger partial charge on any atom is 0.311 e. The van der Waals surface area contributed by atoms with Crippen LogP contribution in [0.25, 0.3) is 11.4 Å². The molecule has 3 aromatic rings. The first-order chi connectivity index (χ1) is 14.1. The molecule has 0 aliphatic rings. The highest BCUT2D eigenvalue weighted by atomic mass is 32.2. The molecule has 11 heteroatoms. The number of carbonyl (C=O) groups is 2. The van der Waals surface area contributed by atoms with Crippen LogP contribution in [0.1, 0.15) is 19.5 Å². The molecule has 0 bridgehead atoms. The van der Waals surface area contributed by atoms with E-state index in [-0.39, 0.29) is 24.1 Å². The zero-order valence-electron chi connectivity index (χ0n) is 16.0. The molecule has 0 unspecified atom stereocenters. The number of hydrogen-bond donors (Lipinski definition) is 1. The summed E-state index contributed by atoms with van der Waals surface area (Å²) >= 11 is 2.57. The first-order valence-electron chi connectivity index (χ1n) is 8.97. The monoisotopic (exact) mass is 432 g/mol. The van der Waals surface area contributed by atoms with Crippen LogP contribution in [0, 0.1) is 0 Å². The number of hydrogen-bond acceptors (Lipinski definition) is 9. The lowest BCUT2D eigenvalue weighted by Gasteiger charge is -2.07. The molecule has 0 radical (unpaired) electrons. The van der Waals surface area contributed by atoms with Gasteiger partial charge in [0.2, 0.25) is 5.91 Å². The molecule has 29 heavy (non-hydrogen) atoms. The maximum absolute atomic E-state index is 12.3. The predicted molar refractivity (Wildman–Crippen MR) is 111 cm³/mol. The topological polar surface area (TPSA) is 112 Å². The summed E-state index contributed by atoms with van der Waals surface area (Å²) in [7, 11) is 0. The van der Waals surface area contributed by atoms with Crippen molar-refractivity contribution in [1.82, 2.24) is 24.7 Å². The van der Waals surface area contributed by atoms with Crippen molar-refractivity contribution in [1.29, 1.82) is 0 Å². The number of pyridine rings is 1. The first-order valence-corrected chi connectivity index (χ1v) is 10.8. The number of anilines is 1. The third-order valence-corrected chi connectivity index (χ3v) is 5.51. The second-order valence-corrected chi connectivity index (χ2v) is 7.55. The Kier molecular flexibility index (Phi) is 7.30. The van der Waals surface area contributed by atoms with Crippen molar-refractivity contribution < 1.29 is 14.3 Å². The van der Waals surface area contributed by atoms with Crippen LogP contribution in [0.15, 0.2) is 35.1 Å². The van der Waals surface area contributed by atoms with E-state index in [1.165, 1.54) is 23.1 Å². The lowest BCUT2D eigenvalue weighted by molar-refractivity contribution is -0.142. The van der Waals surface area contributed by atoms with Gasteiger partial charge in [-0.15, -0.1) is 21.5 Å². The van der Waals surface area contributed by atoms with Crippen molar-refractivity contribution >= 4 is 40.1 Å². The molecule has 0 atom stereocenters. The molecule has 0 aliphatic carbocycles.